The lowest BCUT2D eigenvalue weighted by atomic mass is 10.0. The Morgan fingerprint density at radius 2 is 2.00 bits per heavy atom. The van der Waals surface area contributed by atoms with Crippen LogP contribution in [0.4, 0.5) is 11.4 Å². The van der Waals surface area contributed by atoms with E-state index < -0.39 is 11.9 Å². The van der Waals surface area contributed by atoms with Crippen LogP contribution < -0.4 is 16.4 Å². The van der Waals surface area contributed by atoms with Gasteiger partial charge in [-0.3, -0.25) is 9.59 Å². The van der Waals surface area contributed by atoms with Crippen molar-refractivity contribution in [2.24, 2.45) is 11.7 Å². The fraction of sp³-hybridized carbons (Fsp3) is 0.222. The van der Waals surface area contributed by atoms with E-state index in [9.17, 15) is 14.7 Å². The highest BCUT2D eigenvalue weighted by Crippen LogP contribution is 2.27. The van der Waals surface area contributed by atoms with Crippen LogP contribution in [-0.4, -0.2) is 23.0 Å². The summed E-state index contributed by atoms with van der Waals surface area (Å²) in [5.74, 6) is -0.397. The van der Waals surface area contributed by atoms with Crippen LogP contribution in [0.3, 0.4) is 0 Å². The number of aromatic hydroxyl groups is 1. The summed E-state index contributed by atoms with van der Waals surface area (Å²) >= 11 is 0. The number of phenols is 1. The van der Waals surface area contributed by atoms with Gasteiger partial charge in [0.15, 0.2) is 0 Å². The maximum atomic E-state index is 12.0. The van der Waals surface area contributed by atoms with E-state index in [1.165, 1.54) is 36.6 Å². The minimum atomic E-state index is -0.700. The molecule has 0 unspecified atom stereocenters. The molecule has 2 rings (SSSR count). The van der Waals surface area contributed by atoms with Crippen molar-refractivity contribution >= 4 is 29.3 Å². The van der Waals surface area contributed by atoms with Gasteiger partial charge in [-0.25, -0.2) is 0 Å². The number of benzene rings is 1. The number of rotatable bonds is 6. The van der Waals surface area contributed by atoms with E-state index in [0.29, 0.717) is 11.4 Å². The number of nitrogens with two attached hydrogens (primary N) is 1. The quantitative estimate of drug-likeness (QED) is 0.365. The van der Waals surface area contributed by atoms with Gasteiger partial charge < -0.3 is 25.9 Å². The second-order valence-electron chi connectivity index (χ2n) is 5.83. The van der Waals surface area contributed by atoms with Crippen molar-refractivity contribution in [1.82, 2.24) is 0 Å². The van der Waals surface area contributed by atoms with Crippen molar-refractivity contribution in [3.8, 4) is 5.75 Å². The molecule has 0 saturated heterocycles. The molecule has 0 aliphatic heterocycles. The van der Waals surface area contributed by atoms with Crippen molar-refractivity contribution in [2.75, 3.05) is 10.6 Å². The highest BCUT2D eigenvalue weighted by molar-refractivity contribution is 6.03. The van der Waals surface area contributed by atoms with Crippen molar-refractivity contribution < 1.29 is 19.1 Å². The van der Waals surface area contributed by atoms with Crippen LogP contribution in [0.1, 0.15) is 19.6 Å². The molecule has 2 amide bonds. The van der Waals surface area contributed by atoms with E-state index >= 15 is 0 Å². The van der Waals surface area contributed by atoms with Gasteiger partial charge in [0.1, 0.15) is 11.5 Å². The lowest BCUT2D eigenvalue weighted by molar-refractivity contribution is -0.118. The molecule has 0 aliphatic carbocycles. The van der Waals surface area contributed by atoms with Crippen molar-refractivity contribution in [3.63, 3.8) is 0 Å². The monoisotopic (exact) mass is 343 g/mol. The molecule has 2 aromatic rings. The Hall–Kier alpha value is -3.06. The molecule has 25 heavy (non-hydrogen) atoms. The Labute approximate surface area is 145 Å². The largest absolute Gasteiger partial charge is 0.506 e. The molecule has 5 N–H and O–H groups in total. The maximum Gasteiger partial charge on any atom is 0.248 e. The van der Waals surface area contributed by atoms with E-state index in [4.69, 9.17) is 10.2 Å². The summed E-state index contributed by atoms with van der Waals surface area (Å²) in [7, 11) is 0. The molecule has 7 nitrogen and oxygen atoms in total. The number of hydrogen-bond donors (Lipinski definition) is 4. The van der Waals surface area contributed by atoms with E-state index in [1.54, 1.807) is 12.1 Å². The van der Waals surface area contributed by atoms with E-state index in [2.05, 4.69) is 10.6 Å². The molecule has 1 aromatic heterocycles. The topological polar surface area (TPSA) is 118 Å². The highest BCUT2D eigenvalue weighted by atomic mass is 16.3. The Balaban J connectivity index is 2.05. The molecule has 7 heteroatoms. The second-order valence-corrected chi connectivity index (χ2v) is 5.83. The Morgan fingerprint density at radius 1 is 1.24 bits per heavy atom. The predicted octanol–water partition coefficient (Wildman–Crippen LogP) is 2.56. The third-order valence-electron chi connectivity index (χ3n) is 3.49. The number of phenolic OH excluding ortho intramolecular Hbond substituents is 1. The van der Waals surface area contributed by atoms with Gasteiger partial charge in [-0.2, -0.15) is 0 Å². The number of anilines is 2. The molecule has 0 fully saturated rings. The first-order valence-electron chi connectivity index (χ1n) is 7.79. The summed E-state index contributed by atoms with van der Waals surface area (Å²) in [4.78, 5) is 23.9. The first-order chi connectivity index (χ1) is 11.9. The minimum Gasteiger partial charge on any atom is -0.506 e. The zero-order chi connectivity index (χ0) is 18.4. The van der Waals surface area contributed by atoms with Crippen molar-refractivity contribution in [2.45, 2.75) is 19.9 Å². The Bertz CT molecular complexity index is 767. The summed E-state index contributed by atoms with van der Waals surface area (Å²) in [5, 5.41) is 15.1. The number of nitrogens with one attached hydrogen (secondary N) is 2. The molecule has 0 saturated carbocycles. The number of furan rings is 1. The van der Waals surface area contributed by atoms with Crippen LogP contribution in [0.25, 0.3) is 6.08 Å². The minimum absolute atomic E-state index is 0.0447. The molecular formula is C18H21N3O4. The molecule has 1 heterocycles. The van der Waals surface area contributed by atoms with Gasteiger partial charge in [-0.05, 0) is 42.3 Å². The van der Waals surface area contributed by atoms with Gasteiger partial charge in [-0.1, -0.05) is 13.8 Å². The SMILES string of the molecule is CC(C)[C@H](N)C(=O)Nc1cc(NC(=O)/C=C/c2ccco2)ccc1O. The van der Waals surface area contributed by atoms with Gasteiger partial charge in [0.05, 0.1) is 18.0 Å². The standard InChI is InChI=1S/C18H21N3O4/c1-11(2)17(19)18(24)21-14-10-12(5-7-15(14)22)20-16(23)8-6-13-4-3-9-25-13/h3-11,17,22H,19H2,1-2H3,(H,20,23)(H,21,24)/b8-6+/t17-/m0/s1. The smallest absolute Gasteiger partial charge is 0.248 e. The molecular weight excluding hydrogens is 322 g/mol. The van der Waals surface area contributed by atoms with Crippen LogP contribution in [0, 0.1) is 5.92 Å². The molecule has 132 valence electrons. The molecule has 0 radical (unpaired) electrons. The third-order valence-corrected chi connectivity index (χ3v) is 3.49. The first kappa shape index (κ1) is 18.3. The second kappa shape index (κ2) is 8.16. The summed E-state index contributed by atoms with van der Waals surface area (Å²) in [5.41, 5.74) is 6.37. The van der Waals surface area contributed by atoms with Crippen LogP contribution >= 0.6 is 0 Å². The van der Waals surface area contributed by atoms with Gasteiger partial charge >= 0.3 is 0 Å². The normalized spacial score (nSPS) is 12.3. The van der Waals surface area contributed by atoms with Crippen LogP contribution in [0.5, 0.6) is 5.75 Å². The van der Waals surface area contributed by atoms with Gasteiger partial charge in [0.2, 0.25) is 11.8 Å². The van der Waals surface area contributed by atoms with E-state index in [-0.39, 0.29) is 23.3 Å². The first-order valence-corrected chi connectivity index (χ1v) is 7.79. The predicted molar refractivity (Wildman–Crippen MR) is 95.9 cm³/mol. The summed E-state index contributed by atoms with van der Waals surface area (Å²) in [6.45, 7) is 3.65. The van der Waals surface area contributed by atoms with Crippen LogP contribution in [0.2, 0.25) is 0 Å². The van der Waals surface area contributed by atoms with Crippen LogP contribution in [-0.2, 0) is 9.59 Å². The molecule has 1 atom stereocenters. The van der Waals surface area contributed by atoms with Gasteiger partial charge in [-0.15, -0.1) is 0 Å². The number of carbonyl (C=O) groups is 2. The molecule has 1 aromatic carbocycles. The van der Waals surface area contributed by atoms with Crippen molar-refractivity contribution in [1.29, 1.82) is 0 Å². The average Bonchev–Trinajstić information content (AvgIpc) is 3.08. The number of amides is 2. The summed E-state index contributed by atoms with van der Waals surface area (Å²) < 4.78 is 5.10. The zero-order valence-corrected chi connectivity index (χ0v) is 14.0. The zero-order valence-electron chi connectivity index (χ0n) is 14.0. The van der Waals surface area contributed by atoms with Gasteiger partial charge in [0, 0.05) is 11.8 Å². The van der Waals surface area contributed by atoms with E-state index in [0.717, 1.165) is 0 Å². The Morgan fingerprint density at radius 3 is 2.64 bits per heavy atom. The van der Waals surface area contributed by atoms with Crippen LogP contribution in [0.15, 0.2) is 47.1 Å². The summed E-state index contributed by atoms with van der Waals surface area (Å²) in [6, 6.07) is 7.09. The number of carbonyl (C=O) groups excluding carboxylic acids is 2. The fourth-order valence-corrected chi connectivity index (χ4v) is 1.96. The molecule has 0 spiro atoms. The van der Waals surface area contributed by atoms with Gasteiger partial charge in [0.25, 0.3) is 0 Å². The third kappa shape index (κ3) is 5.22. The molecule has 0 bridgehead atoms. The van der Waals surface area contributed by atoms with Crippen molar-refractivity contribution in [3.05, 3.63) is 48.4 Å². The molecule has 0 aliphatic rings. The van der Waals surface area contributed by atoms with E-state index in [1.807, 2.05) is 13.8 Å². The highest BCUT2D eigenvalue weighted by Gasteiger charge is 2.18. The maximum absolute atomic E-state index is 12.0. The lowest BCUT2D eigenvalue weighted by Crippen LogP contribution is -2.39. The lowest BCUT2D eigenvalue weighted by Gasteiger charge is -2.16. The number of hydrogen-bond acceptors (Lipinski definition) is 5. The Kier molecular flexibility index (Phi) is 5.97. The fourth-order valence-electron chi connectivity index (χ4n) is 1.96. The average molecular weight is 343 g/mol. The summed E-state index contributed by atoms with van der Waals surface area (Å²) in [6.07, 6.45) is 4.35.